The topological polar surface area (TPSA) is 70.5 Å². The number of aryl methyl sites for hydroxylation is 1. The zero-order valence-corrected chi connectivity index (χ0v) is 11.9. The molecule has 0 saturated carbocycles. The number of nitrogens with zero attached hydrogens (tertiary/aromatic N) is 2. The lowest BCUT2D eigenvalue weighted by molar-refractivity contribution is -0.147. The van der Waals surface area contributed by atoms with Gasteiger partial charge in [-0.15, -0.1) is 11.3 Å². The first-order chi connectivity index (χ1) is 8.97. The third-order valence-corrected chi connectivity index (χ3v) is 4.37. The third-order valence-electron chi connectivity index (χ3n) is 3.54. The van der Waals surface area contributed by atoms with E-state index in [1.54, 1.807) is 4.90 Å². The highest BCUT2D eigenvalue weighted by Crippen LogP contribution is 2.23. The van der Waals surface area contributed by atoms with Gasteiger partial charge in [0.05, 0.1) is 23.0 Å². The lowest BCUT2D eigenvalue weighted by Gasteiger charge is -2.36. The molecule has 2 atom stereocenters. The van der Waals surface area contributed by atoms with Gasteiger partial charge in [-0.2, -0.15) is 0 Å². The van der Waals surface area contributed by atoms with Crippen LogP contribution < -0.4 is 0 Å². The number of hydrogen-bond donors (Lipinski definition) is 1. The van der Waals surface area contributed by atoms with E-state index in [1.807, 2.05) is 19.2 Å². The van der Waals surface area contributed by atoms with Gasteiger partial charge in [-0.25, -0.2) is 4.98 Å². The van der Waals surface area contributed by atoms with Gasteiger partial charge in [0.1, 0.15) is 0 Å². The summed E-state index contributed by atoms with van der Waals surface area (Å²) in [6.07, 6.45) is 1.39. The summed E-state index contributed by atoms with van der Waals surface area (Å²) >= 11 is 1.54. The van der Waals surface area contributed by atoms with Gasteiger partial charge in [-0.05, 0) is 26.7 Å². The first-order valence-electron chi connectivity index (χ1n) is 6.40. The Morgan fingerprint density at radius 1 is 1.58 bits per heavy atom. The molecule has 1 aromatic rings. The number of amides is 1. The molecule has 5 nitrogen and oxygen atoms in total. The molecule has 1 amide bonds. The second-order valence-corrected chi connectivity index (χ2v) is 6.09. The molecule has 0 radical (unpaired) electrons. The summed E-state index contributed by atoms with van der Waals surface area (Å²) in [6, 6.07) is -0.0120. The molecule has 104 valence electrons. The first kappa shape index (κ1) is 14.0. The highest BCUT2D eigenvalue weighted by Gasteiger charge is 2.32. The fourth-order valence-corrected chi connectivity index (χ4v) is 3.13. The van der Waals surface area contributed by atoms with Crippen LogP contribution in [0.4, 0.5) is 0 Å². The van der Waals surface area contributed by atoms with Crippen LogP contribution in [-0.4, -0.2) is 39.5 Å². The van der Waals surface area contributed by atoms with Gasteiger partial charge >= 0.3 is 5.97 Å². The zero-order valence-electron chi connectivity index (χ0n) is 11.1. The number of piperidine rings is 1. The van der Waals surface area contributed by atoms with Crippen molar-refractivity contribution in [3.8, 4) is 0 Å². The summed E-state index contributed by atoms with van der Waals surface area (Å²) in [4.78, 5) is 29.2. The monoisotopic (exact) mass is 282 g/mol. The summed E-state index contributed by atoms with van der Waals surface area (Å²) < 4.78 is 0. The summed E-state index contributed by atoms with van der Waals surface area (Å²) in [5.41, 5.74) is 0.806. The minimum absolute atomic E-state index is 0.0120. The number of hydrogen-bond acceptors (Lipinski definition) is 4. The molecule has 1 aliphatic heterocycles. The Balaban J connectivity index is 1.95. The maximum absolute atomic E-state index is 12.2. The van der Waals surface area contributed by atoms with Gasteiger partial charge in [-0.1, -0.05) is 0 Å². The Bertz CT molecular complexity index is 486. The number of rotatable bonds is 3. The van der Waals surface area contributed by atoms with Crippen LogP contribution in [0.3, 0.4) is 0 Å². The zero-order chi connectivity index (χ0) is 14.0. The predicted octanol–water partition coefficient (Wildman–Crippen LogP) is 1.71. The van der Waals surface area contributed by atoms with Gasteiger partial charge in [0.15, 0.2) is 0 Å². The van der Waals surface area contributed by atoms with Crippen molar-refractivity contribution < 1.29 is 14.7 Å². The molecule has 0 bridgehead atoms. The highest BCUT2D eigenvalue weighted by atomic mass is 32.1. The number of aromatic nitrogens is 1. The number of thiazole rings is 1. The average Bonchev–Trinajstić information content (AvgIpc) is 2.74. The Morgan fingerprint density at radius 2 is 2.32 bits per heavy atom. The Hall–Kier alpha value is -1.43. The van der Waals surface area contributed by atoms with Crippen molar-refractivity contribution in [2.45, 2.75) is 39.2 Å². The van der Waals surface area contributed by atoms with Crippen molar-refractivity contribution in [1.29, 1.82) is 0 Å². The molecular formula is C13H18N2O3S. The molecule has 1 fully saturated rings. The van der Waals surface area contributed by atoms with Crippen LogP contribution in [0.25, 0.3) is 0 Å². The van der Waals surface area contributed by atoms with Gasteiger partial charge in [0.2, 0.25) is 5.91 Å². The van der Waals surface area contributed by atoms with Crippen LogP contribution in [0.15, 0.2) is 5.38 Å². The molecule has 0 aromatic carbocycles. The Labute approximate surface area is 116 Å². The van der Waals surface area contributed by atoms with Crippen LogP contribution in [0.2, 0.25) is 0 Å². The minimum atomic E-state index is -0.755. The smallest absolute Gasteiger partial charge is 0.306 e. The molecule has 2 rings (SSSR count). The molecule has 2 heterocycles. The largest absolute Gasteiger partial charge is 0.481 e. The maximum atomic E-state index is 12.2. The fourth-order valence-electron chi connectivity index (χ4n) is 2.51. The minimum Gasteiger partial charge on any atom is -0.481 e. The number of carbonyl (C=O) groups is 2. The van der Waals surface area contributed by atoms with E-state index in [0.29, 0.717) is 25.8 Å². The molecule has 1 saturated heterocycles. The maximum Gasteiger partial charge on any atom is 0.306 e. The van der Waals surface area contributed by atoms with Gasteiger partial charge in [-0.3, -0.25) is 9.59 Å². The molecule has 1 aromatic heterocycles. The lowest BCUT2D eigenvalue weighted by Crippen LogP contribution is -2.46. The Morgan fingerprint density at radius 3 is 2.84 bits per heavy atom. The van der Waals surface area contributed by atoms with Crippen molar-refractivity contribution in [2.75, 3.05) is 6.54 Å². The van der Waals surface area contributed by atoms with E-state index < -0.39 is 5.97 Å². The van der Waals surface area contributed by atoms with E-state index in [4.69, 9.17) is 5.11 Å². The molecule has 1 N–H and O–H groups in total. The van der Waals surface area contributed by atoms with E-state index in [2.05, 4.69) is 4.98 Å². The molecule has 6 heteroatoms. The number of carbonyl (C=O) groups excluding carboxylic acids is 1. The molecule has 2 unspecified atom stereocenters. The van der Waals surface area contributed by atoms with E-state index in [0.717, 1.165) is 10.7 Å². The Kier molecular flexibility index (Phi) is 4.19. The molecule has 0 aliphatic carbocycles. The molecule has 1 aliphatic rings. The van der Waals surface area contributed by atoms with Crippen LogP contribution in [0.1, 0.15) is 30.5 Å². The van der Waals surface area contributed by atoms with E-state index in [1.165, 1.54) is 11.3 Å². The molecule has 19 heavy (non-hydrogen) atoms. The molecular weight excluding hydrogens is 264 g/mol. The van der Waals surface area contributed by atoms with Gasteiger partial charge < -0.3 is 10.0 Å². The summed E-state index contributed by atoms with van der Waals surface area (Å²) in [5, 5.41) is 11.9. The second-order valence-electron chi connectivity index (χ2n) is 5.03. The molecule has 0 spiro atoms. The van der Waals surface area contributed by atoms with Crippen LogP contribution in [0, 0.1) is 12.8 Å². The van der Waals surface area contributed by atoms with Crippen LogP contribution >= 0.6 is 11.3 Å². The normalized spacial score (nSPS) is 23.4. The SMILES string of the molecule is Cc1nc(CC(=O)N2CCC(C(=O)O)CC2C)cs1. The number of aliphatic carboxylic acids is 1. The summed E-state index contributed by atoms with van der Waals surface area (Å²) in [5.74, 6) is -1.03. The van der Waals surface area contributed by atoms with Gasteiger partial charge in [0.25, 0.3) is 0 Å². The summed E-state index contributed by atoms with van der Waals surface area (Å²) in [7, 11) is 0. The van der Waals surface area contributed by atoms with Crippen LogP contribution in [-0.2, 0) is 16.0 Å². The first-order valence-corrected chi connectivity index (χ1v) is 7.28. The summed E-state index contributed by atoms with van der Waals surface area (Å²) in [6.45, 7) is 4.36. The predicted molar refractivity (Wildman–Crippen MR) is 72.1 cm³/mol. The standard InChI is InChI=1S/C13H18N2O3S/c1-8-5-10(13(17)18)3-4-15(8)12(16)6-11-7-19-9(2)14-11/h7-8,10H,3-6H2,1-2H3,(H,17,18). The fraction of sp³-hybridized carbons (Fsp3) is 0.615. The van der Waals surface area contributed by atoms with Crippen molar-refractivity contribution in [3.63, 3.8) is 0 Å². The number of carboxylic acid groups (broad SMARTS) is 1. The third kappa shape index (κ3) is 3.32. The van der Waals surface area contributed by atoms with Crippen molar-refractivity contribution in [3.05, 3.63) is 16.1 Å². The van der Waals surface area contributed by atoms with E-state index in [9.17, 15) is 9.59 Å². The van der Waals surface area contributed by atoms with Crippen molar-refractivity contribution >= 4 is 23.2 Å². The van der Waals surface area contributed by atoms with Crippen LogP contribution in [0.5, 0.6) is 0 Å². The second kappa shape index (κ2) is 5.69. The van der Waals surface area contributed by atoms with E-state index >= 15 is 0 Å². The van der Waals surface area contributed by atoms with Gasteiger partial charge in [0, 0.05) is 18.0 Å². The lowest BCUT2D eigenvalue weighted by atomic mass is 9.91. The van der Waals surface area contributed by atoms with Crippen molar-refractivity contribution in [2.24, 2.45) is 5.92 Å². The highest BCUT2D eigenvalue weighted by molar-refractivity contribution is 7.09. The quantitative estimate of drug-likeness (QED) is 0.916. The van der Waals surface area contributed by atoms with Crippen molar-refractivity contribution in [1.82, 2.24) is 9.88 Å². The number of carboxylic acids is 1. The van der Waals surface area contributed by atoms with E-state index in [-0.39, 0.29) is 17.9 Å². The number of likely N-dealkylation sites (tertiary alicyclic amines) is 1. The average molecular weight is 282 g/mol.